The summed E-state index contributed by atoms with van der Waals surface area (Å²) in [5.74, 6) is 0.502. The normalized spacial score (nSPS) is 14.4. The third-order valence-electron chi connectivity index (χ3n) is 4.39. The predicted octanol–water partition coefficient (Wildman–Crippen LogP) is 2.97. The minimum atomic E-state index is -0.606. The average molecular weight is 334 g/mol. The Morgan fingerprint density at radius 1 is 1.42 bits per heavy atom. The van der Waals surface area contributed by atoms with E-state index >= 15 is 0 Å². The highest BCUT2D eigenvalue weighted by atomic mass is 16.6. The topological polar surface area (TPSA) is 89.8 Å². The molecule has 7 heteroatoms. The minimum absolute atomic E-state index is 0.0189. The summed E-state index contributed by atoms with van der Waals surface area (Å²) in [6, 6.07) is 4.41. The molecule has 0 N–H and O–H groups in total. The zero-order valence-corrected chi connectivity index (χ0v) is 13.8. The Morgan fingerprint density at radius 3 is 2.75 bits per heavy atom. The number of ether oxygens (including phenoxy) is 1. The number of hydrogen-bond donors (Lipinski definition) is 0. The van der Waals surface area contributed by atoms with Crippen molar-refractivity contribution in [1.29, 1.82) is 0 Å². The van der Waals surface area contributed by atoms with Gasteiger partial charge in [0.05, 0.1) is 17.1 Å². The summed E-state index contributed by atoms with van der Waals surface area (Å²) in [6.07, 6.45) is 5.93. The number of carbonyl (C=O) groups excluding carboxylic acids is 2. The van der Waals surface area contributed by atoms with Crippen LogP contribution in [0.2, 0.25) is 0 Å². The summed E-state index contributed by atoms with van der Waals surface area (Å²) in [5.41, 5.74) is -0.264. The predicted molar refractivity (Wildman–Crippen MR) is 88.2 cm³/mol. The van der Waals surface area contributed by atoms with Crippen LogP contribution in [0.3, 0.4) is 0 Å². The van der Waals surface area contributed by atoms with E-state index in [0.29, 0.717) is 37.5 Å². The molecule has 0 aromatic heterocycles. The number of nitro groups is 1. The third kappa shape index (κ3) is 4.53. The molecule has 1 aliphatic rings. The molecule has 1 amide bonds. The molecule has 0 aliphatic heterocycles. The Hall–Kier alpha value is -2.44. The van der Waals surface area contributed by atoms with Crippen molar-refractivity contribution in [3.05, 3.63) is 33.9 Å². The van der Waals surface area contributed by atoms with Gasteiger partial charge < -0.3 is 9.64 Å². The number of hydrogen-bond acceptors (Lipinski definition) is 5. The van der Waals surface area contributed by atoms with Gasteiger partial charge in [-0.2, -0.15) is 0 Å². The van der Waals surface area contributed by atoms with Crippen LogP contribution in [0.1, 0.15) is 48.9 Å². The van der Waals surface area contributed by atoms with Gasteiger partial charge in [0.25, 0.3) is 5.69 Å². The molecule has 0 spiro atoms. The minimum Gasteiger partial charge on any atom is -0.494 e. The van der Waals surface area contributed by atoms with E-state index in [-0.39, 0.29) is 17.2 Å². The van der Waals surface area contributed by atoms with Gasteiger partial charge in [-0.05, 0) is 31.4 Å². The van der Waals surface area contributed by atoms with E-state index in [1.165, 1.54) is 31.0 Å². The van der Waals surface area contributed by atoms with E-state index in [1.807, 2.05) is 11.9 Å². The number of aldehydes is 1. The molecular weight excluding hydrogens is 312 g/mol. The summed E-state index contributed by atoms with van der Waals surface area (Å²) < 4.78 is 5.49. The second-order valence-corrected chi connectivity index (χ2v) is 5.99. The van der Waals surface area contributed by atoms with Crippen molar-refractivity contribution in [1.82, 2.24) is 4.90 Å². The summed E-state index contributed by atoms with van der Waals surface area (Å²) in [4.78, 5) is 35.0. The zero-order chi connectivity index (χ0) is 17.5. The van der Waals surface area contributed by atoms with E-state index in [4.69, 9.17) is 4.74 Å². The van der Waals surface area contributed by atoms with E-state index < -0.39 is 4.92 Å². The van der Waals surface area contributed by atoms with Crippen molar-refractivity contribution >= 4 is 17.9 Å². The number of benzene rings is 1. The Kier molecular flexibility index (Phi) is 6.28. The van der Waals surface area contributed by atoms with Gasteiger partial charge in [-0.3, -0.25) is 19.7 Å². The van der Waals surface area contributed by atoms with Crippen LogP contribution in [0.4, 0.5) is 5.69 Å². The Bertz CT molecular complexity index is 611. The van der Waals surface area contributed by atoms with Gasteiger partial charge >= 0.3 is 0 Å². The standard InChI is InChI=1S/C17H22N2O5/c1-18(14-5-2-3-6-14)17(21)7-4-10-24-15-8-9-16(19(22)23)13(11-15)12-20/h8-9,11-12,14H,2-7,10H2,1H3. The van der Waals surface area contributed by atoms with Crippen LogP contribution in [0.25, 0.3) is 0 Å². The van der Waals surface area contributed by atoms with Crippen LogP contribution in [-0.4, -0.2) is 41.7 Å². The van der Waals surface area contributed by atoms with Crippen LogP contribution in [-0.2, 0) is 4.79 Å². The summed E-state index contributed by atoms with van der Waals surface area (Å²) in [7, 11) is 1.85. The number of nitrogens with zero attached hydrogens (tertiary/aromatic N) is 2. The van der Waals surface area contributed by atoms with Crippen LogP contribution in [0.15, 0.2) is 18.2 Å². The highest BCUT2D eigenvalue weighted by molar-refractivity contribution is 5.82. The SMILES string of the molecule is CN(C(=O)CCCOc1ccc([N+](=O)[O-])c(C=O)c1)C1CCCC1. The fourth-order valence-electron chi connectivity index (χ4n) is 2.97. The summed E-state index contributed by atoms with van der Waals surface area (Å²) >= 11 is 0. The summed E-state index contributed by atoms with van der Waals surface area (Å²) in [6.45, 7) is 0.320. The van der Waals surface area contributed by atoms with Gasteiger partial charge in [-0.15, -0.1) is 0 Å². The Morgan fingerprint density at radius 2 is 2.12 bits per heavy atom. The lowest BCUT2D eigenvalue weighted by atomic mass is 10.2. The fraction of sp³-hybridized carbons (Fsp3) is 0.529. The number of rotatable bonds is 8. The molecule has 24 heavy (non-hydrogen) atoms. The van der Waals surface area contributed by atoms with Crippen LogP contribution in [0.5, 0.6) is 5.75 Å². The first kappa shape index (κ1) is 17.9. The van der Waals surface area contributed by atoms with Crippen molar-refractivity contribution in [2.24, 2.45) is 0 Å². The number of amides is 1. The van der Waals surface area contributed by atoms with Crippen molar-refractivity contribution in [2.75, 3.05) is 13.7 Å². The van der Waals surface area contributed by atoms with E-state index in [1.54, 1.807) is 0 Å². The Balaban J connectivity index is 1.78. The highest BCUT2D eigenvalue weighted by Crippen LogP contribution is 2.24. The molecule has 2 rings (SSSR count). The van der Waals surface area contributed by atoms with Crippen molar-refractivity contribution < 1.29 is 19.2 Å². The van der Waals surface area contributed by atoms with Gasteiger partial charge in [0, 0.05) is 25.6 Å². The van der Waals surface area contributed by atoms with Gasteiger partial charge in [0.1, 0.15) is 5.75 Å². The molecule has 0 saturated heterocycles. The fourth-order valence-corrected chi connectivity index (χ4v) is 2.97. The van der Waals surface area contributed by atoms with Gasteiger partial charge in [-0.1, -0.05) is 12.8 Å². The van der Waals surface area contributed by atoms with Crippen molar-refractivity contribution in [3.63, 3.8) is 0 Å². The van der Waals surface area contributed by atoms with Crippen LogP contribution in [0, 0.1) is 10.1 Å². The molecule has 0 heterocycles. The largest absolute Gasteiger partial charge is 0.494 e. The molecule has 0 radical (unpaired) electrons. The monoisotopic (exact) mass is 334 g/mol. The lowest BCUT2D eigenvalue weighted by molar-refractivity contribution is -0.385. The molecule has 0 atom stereocenters. The second-order valence-electron chi connectivity index (χ2n) is 5.99. The molecule has 1 aliphatic carbocycles. The van der Waals surface area contributed by atoms with E-state index in [0.717, 1.165) is 12.8 Å². The molecule has 1 aromatic rings. The maximum atomic E-state index is 12.1. The molecule has 7 nitrogen and oxygen atoms in total. The number of carbonyl (C=O) groups is 2. The smallest absolute Gasteiger partial charge is 0.280 e. The first-order chi connectivity index (χ1) is 11.5. The molecule has 1 fully saturated rings. The lowest BCUT2D eigenvalue weighted by Gasteiger charge is -2.24. The highest BCUT2D eigenvalue weighted by Gasteiger charge is 2.22. The number of nitro benzene ring substituents is 1. The lowest BCUT2D eigenvalue weighted by Crippen LogP contribution is -2.35. The van der Waals surface area contributed by atoms with Crippen LogP contribution >= 0.6 is 0 Å². The molecule has 0 unspecified atom stereocenters. The third-order valence-corrected chi connectivity index (χ3v) is 4.39. The molecule has 1 saturated carbocycles. The maximum absolute atomic E-state index is 12.1. The zero-order valence-electron chi connectivity index (χ0n) is 13.8. The first-order valence-electron chi connectivity index (χ1n) is 8.15. The van der Waals surface area contributed by atoms with Crippen molar-refractivity contribution in [3.8, 4) is 5.75 Å². The maximum Gasteiger partial charge on any atom is 0.280 e. The first-order valence-corrected chi connectivity index (χ1v) is 8.15. The molecule has 0 bridgehead atoms. The van der Waals surface area contributed by atoms with Gasteiger partial charge in [0.2, 0.25) is 5.91 Å². The van der Waals surface area contributed by atoms with E-state index in [2.05, 4.69) is 0 Å². The van der Waals surface area contributed by atoms with Gasteiger partial charge in [-0.25, -0.2) is 0 Å². The molecule has 1 aromatic carbocycles. The van der Waals surface area contributed by atoms with E-state index in [9.17, 15) is 19.7 Å². The van der Waals surface area contributed by atoms with Crippen LogP contribution < -0.4 is 4.74 Å². The summed E-state index contributed by atoms with van der Waals surface area (Å²) in [5, 5.41) is 10.8. The molecule has 130 valence electrons. The van der Waals surface area contributed by atoms with Crippen molar-refractivity contribution in [2.45, 2.75) is 44.6 Å². The quantitative estimate of drug-likeness (QED) is 0.315. The molecular formula is C17H22N2O5. The Labute approximate surface area is 140 Å². The van der Waals surface area contributed by atoms with Gasteiger partial charge in [0.15, 0.2) is 6.29 Å². The average Bonchev–Trinajstić information content (AvgIpc) is 3.11. The second kappa shape index (κ2) is 8.42.